The topological polar surface area (TPSA) is 63.9 Å². The molecule has 1 saturated heterocycles. The fourth-order valence-corrected chi connectivity index (χ4v) is 3.23. The molecular formula is C17H20F3N5O. The lowest BCUT2D eigenvalue weighted by Gasteiger charge is -2.35. The molecule has 1 atom stereocenters. The number of halogens is 3. The number of carbonyl (C=O) groups is 1. The van der Waals surface area contributed by atoms with Crippen LogP contribution in [0, 0.1) is 0 Å². The maximum atomic E-state index is 12.8. The Balaban J connectivity index is 1.73. The van der Waals surface area contributed by atoms with Gasteiger partial charge in [-0.3, -0.25) is 4.79 Å². The van der Waals surface area contributed by atoms with Crippen molar-refractivity contribution in [1.82, 2.24) is 25.1 Å². The van der Waals surface area contributed by atoms with Crippen LogP contribution in [0.15, 0.2) is 24.3 Å². The third kappa shape index (κ3) is 4.03. The molecular weight excluding hydrogens is 347 g/mol. The summed E-state index contributed by atoms with van der Waals surface area (Å²) >= 11 is 0. The number of carbonyl (C=O) groups excluding carboxylic acids is 1. The molecule has 0 saturated carbocycles. The van der Waals surface area contributed by atoms with Crippen LogP contribution in [0.4, 0.5) is 13.2 Å². The molecule has 1 aliphatic heterocycles. The van der Waals surface area contributed by atoms with Crippen molar-refractivity contribution in [1.29, 1.82) is 0 Å². The van der Waals surface area contributed by atoms with Crippen molar-refractivity contribution < 1.29 is 18.0 Å². The third-order valence-electron chi connectivity index (χ3n) is 4.60. The minimum atomic E-state index is -4.44. The molecule has 1 amide bonds. The number of piperidine rings is 1. The van der Waals surface area contributed by atoms with Gasteiger partial charge in [0.2, 0.25) is 11.7 Å². The smallest absolute Gasteiger partial charge is 0.338 e. The van der Waals surface area contributed by atoms with Crippen molar-refractivity contribution in [3.63, 3.8) is 0 Å². The van der Waals surface area contributed by atoms with Crippen LogP contribution in [0.3, 0.4) is 0 Å². The maximum absolute atomic E-state index is 12.8. The minimum Gasteiger partial charge on any atom is -0.338 e. The second kappa shape index (κ2) is 7.43. The summed E-state index contributed by atoms with van der Waals surface area (Å²) in [6, 6.07) is 4.96. The SMILES string of the molecule is CC[C@H]1CCCCN1C(=O)Cn1nnc(-c2cccc(C(F)(F)F)c2)n1. The van der Waals surface area contributed by atoms with E-state index >= 15 is 0 Å². The first kappa shape index (κ1) is 18.3. The Bertz CT molecular complexity index is 774. The number of aromatic nitrogens is 4. The summed E-state index contributed by atoms with van der Waals surface area (Å²) in [5, 5.41) is 11.7. The zero-order valence-corrected chi connectivity index (χ0v) is 14.4. The first-order valence-electron chi connectivity index (χ1n) is 8.63. The lowest BCUT2D eigenvalue weighted by atomic mass is 10.00. The molecule has 6 nitrogen and oxygen atoms in total. The van der Waals surface area contributed by atoms with Gasteiger partial charge in [0.25, 0.3) is 0 Å². The van der Waals surface area contributed by atoms with E-state index in [9.17, 15) is 18.0 Å². The van der Waals surface area contributed by atoms with Crippen molar-refractivity contribution in [2.45, 2.75) is 51.4 Å². The molecule has 1 aliphatic rings. The first-order chi connectivity index (χ1) is 12.4. The van der Waals surface area contributed by atoms with Gasteiger partial charge in [0.15, 0.2) is 0 Å². The van der Waals surface area contributed by atoms with Gasteiger partial charge in [-0.05, 0) is 43.0 Å². The predicted octanol–water partition coefficient (Wildman–Crippen LogP) is 3.15. The summed E-state index contributed by atoms with van der Waals surface area (Å²) in [4.78, 5) is 15.5. The number of tetrazole rings is 1. The molecule has 1 aromatic carbocycles. The molecule has 0 unspecified atom stereocenters. The van der Waals surface area contributed by atoms with Gasteiger partial charge in [0.1, 0.15) is 6.54 Å². The Kier molecular flexibility index (Phi) is 5.24. The van der Waals surface area contributed by atoms with E-state index in [2.05, 4.69) is 22.3 Å². The molecule has 26 heavy (non-hydrogen) atoms. The van der Waals surface area contributed by atoms with Crippen LogP contribution in [0.1, 0.15) is 38.2 Å². The average Bonchev–Trinajstić information content (AvgIpc) is 3.09. The van der Waals surface area contributed by atoms with Crippen LogP contribution in [-0.4, -0.2) is 43.6 Å². The number of likely N-dealkylation sites (tertiary alicyclic amines) is 1. The highest BCUT2D eigenvalue weighted by atomic mass is 19.4. The van der Waals surface area contributed by atoms with E-state index in [0.29, 0.717) is 6.54 Å². The quantitative estimate of drug-likeness (QED) is 0.833. The number of rotatable bonds is 4. The van der Waals surface area contributed by atoms with Gasteiger partial charge in [0.05, 0.1) is 5.56 Å². The number of amides is 1. The number of nitrogens with zero attached hydrogens (tertiary/aromatic N) is 5. The molecule has 0 N–H and O–H groups in total. The molecule has 3 rings (SSSR count). The molecule has 140 valence electrons. The first-order valence-corrected chi connectivity index (χ1v) is 8.63. The Hall–Kier alpha value is -2.45. The van der Waals surface area contributed by atoms with Gasteiger partial charge in [-0.1, -0.05) is 19.1 Å². The number of hydrogen-bond acceptors (Lipinski definition) is 4. The number of hydrogen-bond donors (Lipinski definition) is 0. The Morgan fingerprint density at radius 1 is 1.31 bits per heavy atom. The Labute approximate surface area is 149 Å². The van der Waals surface area contributed by atoms with E-state index in [-0.39, 0.29) is 29.9 Å². The number of benzene rings is 1. The average molecular weight is 367 g/mol. The highest BCUT2D eigenvalue weighted by molar-refractivity contribution is 5.76. The van der Waals surface area contributed by atoms with E-state index in [4.69, 9.17) is 0 Å². The summed E-state index contributed by atoms with van der Waals surface area (Å²) in [6.07, 6.45) is -0.466. The zero-order valence-electron chi connectivity index (χ0n) is 14.4. The molecule has 0 bridgehead atoms. The largest absolute Gasteiger partial charge is 0.416 e. The van der Waals surface area contributed by atoms with Crippen molar-refractivity contribution in [2.24, 2.45) is 0 Å². The maximum Gasteiger partial charge on any atom is 0.416 e. The molecule has 0 aliphatic carbocycles. The fourth-order valence-electron chi connectivity index (χ4n) is 3.23. The van der Waals surface area contributed by atoms with Gasteiger partial charge in [-0.25, -0.2) is 0 Å². The number of alkyl halides is 3. The minimum absolute atomic E-state index is 0.0644. The van der Waals surface area contributed by atoms with Crippen molar-refractivity contribution in [3.8, 4) is 11.4 Å². The summed E-state index contributed by atoms with van der Waals surface area (Å²) < 4.78 is 38.5. The lowest BCUT2D eigenvalue weighted by molar-refractivity contribution is -0.137. The van der Waals surface area contributed by atoms with Crippen LogP contribution in [0.25, 0.3) is 11.4 Å². The van der Waals surface area contributed by atoms with E-state index < -0.39 is 11.7 Å². The lowest BCUT2D eigenvalue weighted by Crippen LogP contribution is -2.45. The van der Waals surface area contributed by atoms with Crippen molar-refractivity contribution in [2.75, 3.05) is 6.54 Å². The molecule has 2 aromatic rings. The van der Waals surface area contributed by atoms with E-state index in [0.717, 1.165) is 42.6 Å². The normalized spacial score (nSPS) is 18.2. The van der Waals surface area contributed by atoms with Gasteiger partial charge in [-0.2, -0.15) is 18.0 Å². The van der Waals surface area contributed by atoms with E-state index in [1.165, 1.54) is 12.1 Å². The van der Waals surface area contributed by atoms with Crippen LogP contribution < -0.4 is 0 Å². The summed E-state index contributed by atoms with van der Waals surface area (Å²) in [5.41, 5.74) is -0.565. The van der Waals surface area contributed by atoms with Gasteiger partial charge in [0, 0.05) is 18.2 Å². The summed E-state index contributed by atoms with van der Waals surface area (Å²) in [6.45, 7) is 2.70. The molecule has 1 aromatic heterocycles. The Morgan fingerprint density at radius 2 is 2.12 bits per heavy atom. The Morgan fingerprint density at radius 3 is 2.85 bits per heavy atom. The van der Waals surface area contributed by atoms with Gasteiger partial charge in [-0.15, -0.1) is 10.2 Å². The second-order valence-corrected chi connectivity index (χ2v) is 6.37. The second-order valence-electron chi connectivity index (χ2n) is 6.37. The zero-order chi connectivity index (χ0) is 18.7. The standard InChI is InChI=1S/C17H20F3N5O/c1-2-14-8-3-4-9-24(14)15(26)11-25-22-16(21-23-25)12-6-5-7-13(10-12)17(18,19)20/h5-7,10,14H,2-4,8-9,11H2,1H3/t14-/m0/s1. The summed E-state index contributed by atoms with van der Waals surface area (Å²) in [5.74, 6) is -0.0286. The third-order valence-corrected chi connectivity index (χ3v) is 4.60. The molecule has 1 fully saturated rings. The van der Waals surface area contributed by atoms with Crippen molar-refractivity contribution in [3.05, 3.63) is 29.8 Å². The van der Waals surface area contributed by atoms with Crippen molar-refractivity contribution >= 4 is 5.91 Å². The van der Waals surface area contributed by atoms with Gasteiger partial charge < -0.3 is 4.90 Å². The van der Waals surface area contributed by atoms with Crippen LogP contribution >= 0.6 is 0 Å². The van der Waals surface area contributed by atoms with Crippen LogP contribution in [-0.2, 0) is 17.5 Å². The molecule has 2 heterocycles. The van der Waals surface area contributed by atoms with E-state index in [1.807, 2.05) is 4.90 Å². The summed E-state index contributed by atoms with van der Waals surface area (Å²) in [7, 11) is 0. The van der Waals surface area contributed by atoms with Crippen LogP contribution in [0.5, 0.6) is 0 Å². The highest BCUT2D eigenvalue weighted by Crippen LogP contribution is 2.31. The predicted molar refractivity (Wildman–Crippen MR) is 87.9 cm³/mol. The van der Waals surface area contributed by atoms with Crippen LogP contribution in [0.2, 0.25) is 0 Å². The van der Waals surface area contributed by atoms with E-state index in [1.54, 1.807) is 0 Å². The molecule has 0 spiro atoms. The highest BCUT2D eigenvalue weighted by Gasteiger charge is 2.31. The van der Waals surface area contributed by atoms with Gasteiger partial charge >= 0.3 is 6.18 Å². The fraction of sp³-hybridized carbons (Fsp3) is 0.529. The monoisotopic (exact) mass is 367 g/mol. The molecule has 0 radical (unpaired) electrons. The molecule has 9 heteroatoms.